The van der Waals surface area contributed by atoms with Gasteiger partial charge in [0.15, 0.2) is 0 Å². The van der Waals surface area contributed by atoms with E-state index in [0.717, 1.165) is 6.07 Å². The molecule has 21 heavy (non-hydrogen) atoms. The maximum atomic E-state index is 13.5. The van der Waals surface area contributed by atoms with Crippen LogP contribution in [0.2, 0.25) is 5.02 Å². The molecule has 1 heterocycles. The molecule has 7 heteroatoms. The number of carbonyl (C=O) groups excluding carboxylic acids is 1. The van der Waals surface area contributed by atoms with Crippen LogP contribution in [0.1, 0.15) is 12.5 Å². The van der Waals surface area contributed by atoms with E-state index in [4.69, 9.17) is 11.6 Å². The molecule has 0 bridgehead atoms. The first kappa shape index (κ1) is 15.3. The summed E-state index contributed by atoms with van der Waals surface area (Å²) in [6.07, 6.45) is -3.44. The van der Waals surface area contributed by atoms with E-state index < -0.39 is 17.9 Å². The number of nitrogens with one attached hydrogen (secondary N) is 1. The molecule has 110 valence electrons. The summed E-state index contributed by atoms with van der Waals surface area (Å²) >= 11 is 5.75. The van der Waals surface area contributed by atoms with Crippen molar-refractivity contribution < 1.29 is 22.7 Å². The van der Waals surface area contributed by atoms with Crippen molar-refractivity contribution in [1.82, 2.24) is 0 Å². The van der Waals surface area contributed by atoms with Gasteiger partial charge in [0.05, 0.1) is 5.69 Å². The Morgan fingerprint density at radius 1 is 1.43 bits per heavy atom. The largest absolute Gasteiger partial charge is 0.445 e. The van der Waals surface area contributed by atoms with Crippen LogP contribution in [0, 0.1) is 11.8 Å². The number of anilines is 1. The number of ether oxygens (including phenoxy) is 1. The SMILES string of the molecule is C/C=C/C#C[C@@]1(C(F)(F)F)OC(=O)Nc2ccc(Cl)cc21. The number of benzene rings is 1. The Labute approximate surface area is 123 Å². The number of alkyl halides is 3. The number of carbonyl (C=O) groups is 1. The molecule has 1 atom stereocenters. The molecule has 1 aliphatic rings. The van der Waals surface area contributed by atoms with E-state index >= 15 is 0 Å². The summed E-state index contributed by atoms with van der Waals surface area (Å²) in [5.41, 5.74) is -3.43. The first-order chi connectivity index (χ1) is 9.80. The van der Waals surface area contributed by atoms with Gasteiger partial charge in [-0.2, -0.15) is 13.2 Å². The average molecular weight is 316 g/mol. The van der Waals surface area contributed by atoms with Gasteiger partial charge in [-0.1, -0.05) is 23.6 Å². The van der Waals surface area contributed by atoms with Crippen molar-refractivity contribution in [1.29, 1.82) is 0 Å². The number of rotatable bonds is 0. The molecular formula is C14H9ClF3NO2. The van der Waals surface area contributed by atoms with E-state index in [-0.39, 0.29) is 16.3 Å². The summed E-state index contributed by atoms with van der Waals surface area (Å²) in [5, 5.41) is 2.28. The highest BCUT2D eigenvalue weighted by molar-refractivity contribution is 6.30. The van der Waals surface area contributed by atoms with E-state index in [0.29, 0.717) is 0 Å². The molecule has 0 unspecified atom stereocenters. The normalized spacial score (nSPS) is 21.1. The molecule has 1 aliphatic heterocycles. The van der Waals surface area contributed by atoms with E-state index in [2.05, 4.69) is 16.0 Å². The highest BCUT2D eigenvalue weighted by Crippen LogP contribution is 2.47. The highest BCUT2D eigenvalue weighted by atomic mass is 35.5. The fourth-order valence-electron chi connectivity index (χ4n) is 1.85. The van der Waals surface area contributed by atoms with Crippen LogP contribution >= 0.6 is 11.6 Å². The Kier molecular flexibility index (Phi) is 3.88. The molecule has 0 aromatic heterocycles. The van der Waals surface area contributed by atoms with E-state index in [1.807, 2.05) is 5.92 Å². The van der Waals surface area contributed by atoms with Crippen LogP contribution in [-0.4, -0.2) is 12.3 Å². The minimum Gasteiger partial charge on any atom is -0.415 e. The van der Waals surface area contributed by atoms with Crippen LogP contribution in [0.3, 0.4) is 0 Å². The molecule has 0 spiro atoms. The third-order valence-electron chi connectivity index (χ3n) is 2.74. The standard InChI is InChI=1S/C14H9ClF3NO2/c1-2-3-4-7-13(14(16,17)18)10-8-9(15)5-6-11(10)19-12(20)21-13/h2-3,5-6,8H,1H3,(H,19,20)/b3-2+/t13-/m1/s1. The second-order valence-electron chi connectivity index (χ2n) is 4.15. The lowest BCUT2D eigenvalue weighted by Gasteiger charge is -2.35. The van der Waals surface area contributed by atoms with Crippen molar-refractivity contribution in [3.05, 3.63) is 40.9 Å². The van der Waals surface area contributed by atoms with Crippen molar-refractivity contribution in [2.24, 2.45) is 0 Å². The van der Waals surface area contributed by atoms with Gasteiger partial charge in [0.25, 0.3) is 5.60 Å². The average Bonchev–Trinajstić information content (AvgIpc) is 2.38. The summed E-state index contributed by atoms with van der Waals surface area (Å²) in [7, 11) is 0. The second-order valence-corrected chi connectivity index (χ2v) is 4.59. The third-order valence-corrected chi connectivity index (χ3v) is 2.98. The predicted octanol–water partition coefficient (Wildman–Crippen LogP) is 4.24. The van der Waals surface area contributed by atoms with Crippen LogP contribution in [0.4, 0.5) is 23.7 Å². The Bertz CT molecular complexity index is 673. The maximum Gasteiger partial charge on any atom is 0.445 e. The van der Waals surface area contributed by atoms with Gasteiger partial charge < -0.3 is 4.74 Å². The van der Waals surface area contributed by atoms with Gasteiger partial charge in [-0.05, 0) is 37.1 Å². The lowest BCUT2D eigenvalue weighted by molar-refractivity contribution is -0.239. The minimum atomic E-state index is -4.92. The van der Waals surface area contributed by atoms with Gasteiger partial charge in [0.1, 0.15) is 0 Å². The fourth-order valence-corrected chi connectivity index (χ4v) is 2.02. The zero-order valence-corrected chi connectivity index (χ0v) is 11.5. The number of hydrogen-bond donors (Lipinski definition) is 1. The van der Waals surface area contributed by atoms with Crippen molar-refractivity contribution in [2.45, 2.75) is 18.7 Å². The number of fused-ring (bicyclic) bond motifs is 1. The predicted molar refractivity (Wildman–Crippen MR) is 71.9 cm³/mol. The van der Waals surface area contributed by atoms with Gasteiger partial charge in [-0.25, -0.2) is 4.79 Å². The zero-order chi connectivity index (χ0) is 15.7. The van der Waals surface area contributed by atoms with E-state index in [1.165, 1.54) is 24.3 Å². The quantitative estimate of drug-likeness (QED) is 0.727. The monoisotopic (exact) mass is 315 g/mol. The summed E-state index contributed by atoms with van der Waals surface area (Å²) in [5.74, 6) is 4.22. The summed E-state index contributed by atoms with van der Waals surface area (Å²) in [6, 6.07) is 3.72. The number of amides is 1. The summed E-state index contributed by atoms with van der Waals surface area (Å²) in [4.78, 5) is 11.5. The molecule has 1 N–H and O–H groups in total. The van der Waals surface area contributed by atoms with Crippen molar-refractivity contribution >= 4 is 23.4 Å². The first-order valence-corrected chi connectivity index (χ1v) is 6.18. The first-order valence-electron chi connectivity index (χ1n) is 5.81. The van der Waals surface area contributed by atoms with Crippen molar-refractivity contribution in [3.8, 4) is 11.8 Å². The van der Waals surface area contributed by atoms with E-state index in [1.54, 1.807) is 6.92 Å². The zero-order valence-electron chi connectivity index (χ0n) is 10.7. The van der Waals surface area contributed by atoms with Crippen LogP contribution in [-0.2, 0) is 10.3 Å². The third kappa shape index (κ3) is 2.69. The molecule has 3 nitrogen and oxygen atoms in total. The molecule has 0 aliphatic carbocycles. The van der Waals surface area contributed by atoms with Crippen LogP contribution < -0.4 is 5.32 Å². The van der Waals surface area contributed by atoms with Crippen molar-refractivity contribution in [3.63, 3.8) is 0 Å². The van der Waals surface area contributed by atoms with Crippen LogP contribution in [0.25, 0.3) is 0 Å². The highest BCUT2D eigenvalue weighted by Gasteiger charge is 2.61. The lowest BCUT2D eigenvalue weighted by atomic mass is 9.90. The molecular weight excluding hydrogens is 307 g/mol. The number of allylic oxidation sites excluding steroid dienone is 2. The molecule has 0 saturated carbocycles. The molecule has 2 rings (SSSR count). The summed E-state index contributed by atoms with van der Waals surface area (Å²) in [6.45, 7) is 1.61. The van der Waals surface area contributed by atoms with Gasteiger partial charge >= 0.3 is 12.3 Å². The lowest BCUT2D eigenvalue weighted by Crippen LogP contribution is -2.49. The smallest absolute Gasteiger partial charge is 0.415 e. The minimum absolute atomic E-state index is 0.0391. The molecule has 1 aromatic carbocycles. The Hall–Kier alpha value is -2.13. The van der Waals surface area contributed by atoms with Gasteiger partial charge in [0.2, 0.25) is 0 Å². The number of halogens is 4. The Morgan fingerprint density at radius 2 is 2.14 bits per heavy atom. The van der Waals surface area contributed by atoms with Crippen LogP contribution in [0.15, 0.2) is 30.4 Å². The molecule has 1 amide bonds. The van der Waals surface area contributed by atoms with E-state index in [9.17, 15) is 18.0 Å². The summed E-state index contributed by atoms with van der Waals surface area (Å²) < 4.78 is 45.1. The van der Waals surface area contributed by atoms with Crippen molar-refractivity contribution in [2.75, 3.05) is 5.32 Å². The molecule has 0 fully saturated rings. The Balaban J connectivity index is 2.74. The molecule has 0 radical (unpaired) electrons. The second kappa shape index (κ2) is 5.34. The van der Waals surface area contributed by atoms with Gasteiger partial charge in [0, 0.05) is 10.6 Å². The molecule has 0 saturated heterocycles. The van der Waals surface area contributed by atoms with Gasteiger partial charge in [-0.3, -0.25) is 5.32 Å². The molecule has 1 aromatic rings. The fraction of sp³-hybridized carbons (Fsp3) is 0.214. The van der Waals surface area contributed by atoms with Crippen LogP contribution in [0.5, 0.6) is 0 Å². The number of hydrogen-bond acceptors (Lipinski definition) is 2. The maximum absolute atomic E-state index is 13.5. The Morgan fingerprint density at radius 3 is 2.76 bits per heavy atom. The number of cyclic esters (lactones) is 1. The topological polar surface area (TPSA) is 38.3 Å². The van der Waals surface area contributed by atoms with Gasteiger partial charge in [-0.15, -0.1) is 0 Å².